The topological polar surface area (TPSA) is 9.86 Å². The second kappa shape index (κ2) is 12.4. The molecule has 0 atom stereocenters. The Morgan fingerprint density at radius 1 is 0.316 bits per heavy atom. The van der Waals surface area contributed by atoms with Crippen molar-refractivity contribution in [2.75, 3.05) is 0 Å². The maximum Gasteiger partial charge on any atom is 0.180 e. The van der Waals surface area contributed by atoms with Crippen LogP contribution in [0.1, 0.15) is 0 Å². The van der Waals surface area contributed by atoms with Gasteiger partial charge in [-0.2, -0.15) is 0 Å². The second-order valence-electron chi connectivity index (χ2n) is 15.2. The lowest BCUT2D eigenvalue weighted by Gasteiger charge is -2.31. The van der Waals surface area contributed by atoms with Gasteiger partial charge in [0.25, 0.3) is 0 Å². The van der Waals surface area contributed by atoms with Gasteiger partial charge in [0.2, 0.25) is 0 Å². The monoisotopic (exact) mass is 740 g/mol. The van der Waals surface area contributed by atoms with E-state index in [2.05, 4.69) is 228 Å². The summed E-state index contributed by atoms with van der Waals surface area (Å²) in [5.74, 6) is 0. The largest absolute Gasteiger partial charge is 0.309 e. The molecule has 0 bridgehead atoms. The number of rotatable bonds is 5. The van der Waals surface area contributed by atoms with Crippen molar-refractivity contribution >= 4 is 72.4 Å². The van der Waals surface area contributed by atoms with E-state index in [1.807, 2.05) is 0 Å². The van der Waals surface area contributed by atoms with Crippen molar-refractivity contribution in [1.29, 1.82) is 0 Å². The Morgan fingerprint density at radius 2 is 0.895 bits per heavy atom. The zero-order valence-corrected chi connectivity index (χ0v) is 32.2. The Hall–Kier alpha value is -7.20. The van der Waals surface area contributed by atoms with Crippen molar-refractivity contribution in [3.63, 3.8) is 0 Å². The first-order valence-electron chi connectivity index (χ1n) is 19.8. The van der Waals surface area contributed by atoms with Crippen molar-refractivity contribution in [1.82, 2.24) is 9.13 Å². The summed E-state index contributed by atoms with van der Waals surface area (Å²) in [7, 11) is -2.54. The Kier molecular flexibility index (Phi) is 6.98. The predicted molar refractivity (Wildman–Crippen MR) is 243 cm³/mol. The van der Waals surface area contributed by atoms with Crippen LogP contribution in [0.3, 0.4) is 0 Å². The van der Waals surface area contributed by atoms with Gasteiger partial charge >= 0.3 is 0 Å². The Labute approximate surface area is 332 Å². The average Bonchev–Trinajstić information content (AvgIpc) is 3.91. The van der Waals surface area contributed by atoms with Gasteiger partial charge in [-0.15, -0.1) is 0 Å². The van der Waals surface area contributed by atoms with Gasteiger partial charge in [0.15, 0.2) is 8.07 Å². The van der Waals surface area contributed by atoms with E-state index in [4.69, 9.17) is 0 Å². The standard InChI is InChI=1S/C54H36N2Si/c1-4-18-39(19-5-1)55-49-29-14-11-27-46(49)53-50(55)33-32-45-43-25-10-13-28-48(43)56(54(45)53)40-20-16-17-37(35-40)38-31-34-52-47(36-38)44-26-12-15-30-51(44)57(52,41-21-6-2-7-22-41)42-23-8-3-9-24-42/h1-36H. The molecule has 0 saturated carbocycles. The molecule has 266 valence electrons. The molecule has 3 heteroatoms. The number of para-hydroxylation sites is 3. The molecular formula is C54H36N2Si. The molecule has 0 saturated heterocycles. The van der Waals surface area contributed by atoms with Gasteiger partial charge in [0, 0.05) is 32.9 Å². The summed E-state index contributed by atoms with van der Waals surface area (Å²) < 4.78 is 4.92. The zero-order valence-electron chi connectivity index (χ0n) is 31.2. The van der Waals surface area contributed by atoms with Gasteiger partial charge in [-0.1, -0.05) is 170 Å². The van der Waals surface area contributed by atoms with Gasteiger partial charge in [-0.05, 0) is 91.5 Å². The van der Waals surface area contributed by atoms with Crippen LogP contribution in [0.4, 0.5) is 0 Å². The number of fused-ring (bicyclic) bond motifs is 10. The van der Waals surface area contributed by atoms with Gasteiger partial charge in [-0.25, -0.2) is 0 Å². The van der Waals surface area contributed by atoms with Crippen molar-refractivity contribution in [2.24, 2.45) is 0 Å². The molecule has 12 rings (SSSR count). The van der Waals surface area contributed by atoms with E-state index in [1.165, 1.54) is 86.6 Å². The highest BCUT2D eigenvalue weighted by atomic mass is 28.3. The Bertz CT molecular complexity index is 3300. The first kappa shape index (κ1) is 32.1. The molecule has 57 heavy (non-hydrogen) atoms. The lowest BCUT2D eigenvalue weighted by Crippen LogP contribution is -2.72. The summed E-state index contributed by atoms with van der Waals surface area (Å²) in [5, 5.41) is 10.8. The normalized spacial score (nSPS) is 13.1. The minimum atomic E-state index is -2.54. The minimum Gasteiger partial charge on any atom is -0.309 e. The fraction of sp³-hybridized carbons (Fsp3) is 0. The number of nitrogens with zero attached hydrogens (tertiary/aromatic N) is 2. The van der Waals surface area contributed by atoms with E-state index in [1.54, 1.807) is 0 Å². The molecule has 0 N–H and O–H groups in total. The summed E-state index contributed by atoms with van der Waals surface area (Å²) >= 11 is 0. The quantitative estimate of drug-likeness (QED) is 0.156. The third kappa shape index (κ3) is 4.52. The van der Waals surface area contributed by atoms with Crippen LogP contribution in [0.25, 0.3) is 77.2 Å². The first-order chi connectivity index (χ1) is 28.3. The van der Waals surface area contributed by atoms with Crippen LogP contribution in [0, 0.1) is 0 Å². The maximum atomic E-state index is 2.50. The highest BCUT2D eigenvalue weighted by Crippen LogP contribution is 2.42. The smallest absolute Gasteiger partial charge is 0.180 e. The van der Waals surface area contributed by atoms with E-state index >= 15 is 0 Å². The first-order valence-corrected chi connectivity index (χ1v) is 21.8. The second-order valence-corrected chi connectivity index (χ2v) is 19.0. The van der Waals surface area contributed by atoms with E-state index in [0.29, 0.717) is 0 Å². The number of aromatic nitrogens is 2. The van der Waals surface area contributed by atoms with Gasteiger partial charge < -0.3 is 9.13 Å². The molecule has 2 nitrogen and oxygen atoms in total. The minimum absolute atomic E-state index is 1.15. The lowest BCUT2D eigenvalue weighted by molar-refractivity contribution is 1.17. The number of hydrogen-bond donors (Lipinski definition) is 0. The van der Waals surface area contributed by atoms with Crippen LogP contribution in [0.15, 0.2) is 218 Å². The summed E-state index contributed by atoms with van der Waals surface area (Å²) in [4.78, 5) is 0. The molecule has 0 spiro atoms. The maximum absolute atomic E-state index is 2.54. The van der Waals surface area contributed by atoms with Crippen LogP contribution in [0.2, 0.25) is 0 Å². The molecule has 11 aromatic rings. The molecular weight excluding hydrogens is 705 g/mol. The van der Waals surface area contributed by atoms with Gasteiger partial charge in [0.1, 0.15) is 0 Å². The Morgan fingerprint density at radius 3 is 1.65 bits per heavy atom. The molecule has 0 amide bonds. The van der Waals surface area contributed by atoms with Crippen LogP contribution in [-0.2, 0) is 0 Å². The van der Waals surface area contributed by atoms with Crippen molar-refractivity contribution in [2.45, 2.75) is 0 Å². The number of benzene rings is 9. The van der Waals surface area contributed by atoms with E-state index < -0.39 is 8.07 Å². The van der Waals surface area contributed by atoms with Crippen LogP contribution < -0.4 is 20.7 Å². The molecule has 0 aliphatic carbocycles. The van der Waals surface area contributed by atoms with Crippen LogP contribution in [0.5, 0.6) is 0 Å². The fourth-order valence-electron chi connectivity index (χ4n) is 10.1. The molecule has 0 radical (unpaired) electrons. The molecule has 1 aliphatic rings. The Balaban J connectivity index is 1.10. The van der Waals surface area contributed by atoms with Crippen molar-refractivity contribution in [3.05, 3.63) is 218 Å². The fourth-order valence-corrected chi connectivity index (χ4v) is 15.3. The molecule has 9 aromatic carbocycles. The van der Waals surface area contributed by atoms with E-state index in [-0.39, 0.29) is 0 Å². The molecule has 3 heterocycles. The SMILES string of the molecule is c1ccc(-n2c3ccccc3c3c2ccc2c4ccccc4n(-c4cccc(-c5ccc6c(c5)-c5ccccc5[Si]6(c5ccccc5)c5ccccc5)c4)c23)cc1. The molecule has 2 aromatic heterocycles. The summed E-state index contributed by atoms with van der Waals surface area (Å²) in [6.45, 7) is 0. The summed E-state index contributed by atoms with van der Waals surface area (Å²) in [5.41, 5.74) is 12.3. The van der Waals surface area contributed by atoms with Crippen molar-refractivity contribution < 1.29 is 0 Å². The van der Waals surface area contributed by atoms with Gasteiger partial charge in [-0.3, -0.25) is 0 Å². The van der Waals surface area contributed by atoms with E-state index in [0.717, 1.165) is 11.4 Å². The summed E-state index contributed by atoms with van der Waals surface area (Å²) in [6.07, 6.45) is 0. The summed E-state index contributed by atoms with van der Waals surface area (Å²) in [6, 6.07) is 81.2. The third-order valence-corrected chi connectivity index (χ3v) is 17.3. The highest BCUT2D eigenvalue weighted by molar-refractivity contribution is 7.22. The molecule has 0 fully saturated rings. The molecule has 0 unspecified atom stereocenters. The molecule has 1 aliphatic heterocycles. The third-order valence-electron chi connectivity index (χ3n) is 12.4. The van der Waals surface area contributed by atoms with E-state index in [9.17, 15) is 0 Å². The van der Waals surface area contributed by atoms with Crippen LogP contribution >= 0.6 is 0 Å². The lowest BCUT2D eigenvalue weighted by atomic mass is 9.99. The van der Waals surface area contributed by atoms with Gasteiger partial charge in [0.05, 0.1) is 22.1 Å². The number of hydrogen-bond acceptors (Lipinski definition) is 0. The van der Waals surface area contributed by atoms with Crippen LogP contribution in [-0.4, -0.2) is 17.2 Å². The highest BCUT2D eigenvalue weighted by Gasteiger charge is 2.48. The van der Waals surface area contributed by atoms with Crippen molar-refractivity contribution in [3.8, 4) is 33.6 Å². The predicted octanol–water partition coefficient (Wildman–Crippen LogP) is 10.9. The average molecular weight is 741 g/mol. The zero-order chi connectivity index (χ0) is 37.5.